The number of piperidine rings is 1. The molecule has 0 unspecified atom stereocenters. The molecule has 1 aromatic heterocycles. The van der Waals surface area contributed by atoms with E-state index in [9.17, 15) is 4.79 Å². The quantitative estimate of drug-likeness (QED) is 0.320. The zero-order chi connectivity index (χ0) is 22.3. The molecule has 32 heavy (non-hydrogen) atoms. The van der Waals surface area contributed by atoms with Crippen molar-refractivity contribution in [3.63, 3.8) is 0 Å². The summed E-state index contributed by atoms with van der Waals surface area (Å²) in [7, 11) is 0. The van der Waals surface area contributed by atoms with E-state index in [1.54, 1.807) is 11.3 Å². The summed E-state index contributed by atoms with van der Waals surface area (Å²) in [5.74, 6) is 1.28. The molecule has 2 aliphatic rings. The van der Waals surface area contributed by atoms with Gasteiger partial charge in [-0.25, -0.2) is 4.98 Å². The van der Waals surface area contributed by atoms with Gasteiger partial charge in [0.1, 0.15) is 0 Å². The number of carbonyl (C=O) groups excluding carboxylic acids is 1. The number of piperazine rings is 1. The number of aromatic nitrogens is 1. The van der Waals surface area contributed by atoms with E-state index in [0.29, 0.717) is 12.5 Å². The number of guanidine groups is 1. The molecule has 0 spiro atoms. The largest absolute Gasteiger partial charge is 0.357 e. The fourth-order valence-corrected chi connectivity index (χ4v) is 5.02. The summed E-state index contributed by atoms with van der Waals surface area (Å²) < 4.78 is 0. The number of carbonyl (C=O) groups is 1. The average molecular weight is 577 g/mol. The Kier molecular flexibility index (Phi) is 11.2. The van der Waals surface area contributed by atoms with Crippen LogP contribution in [-0.4, -0.2) is 90.5 Å². The lowest BCUT2D eigenvalue weighted by molar-refractivity contribution is -0.133. The number of likely N-dealkylation sites (tertiary alicyclic amines) is 1. The van der Waals surface area contributed by atoms with Gasteiger partial charge in [0.05, 0.1) is 17.2 Å². The van der Waals surface area contributed by atoms with Crippen LogP contribution in [0.5, 0.6) is 0 Å². The van der Waals surface area contributed by atoms with Crippen LogP contribution < -0.4 is 5.32 Å². The summed E-state index contributed by atoms with van der Waals surface area (Å²) in [5.41, 5.74) is 1.26. The zero-order valence-electron chi connectivity index (χ0n) is 20.2. The second-order valence-electron chi connectivity index (χ2n) is 9.57. The standard InChI is InChI=1S/C23H40N6OS.HI/c1-5-24-22(25-10-9-20-26-19(18-31-20)23(2,3)4)29-15-13-27(14-16-29)17-21(30)28-11-7-6-8-12-28;/h18H,5-17H2,1-4H3,(H,24,25);1H. The lowest BCUT2D eigenvalue weighted by atomic mass is 9.93. The third kappa shape index (κ3) is 8.13. The number of nitrogens with one attached hydrogen (secondary N) is 1. The number of nitrogens with zero attached hydrogens (tertiary/aromatic N) is 5. The van der Waals surface area contributed by atoms with E-state index >= 15 is 0 Å². The number of thiazole rings is 1. The summed E-state index contributed by atoms with van der Waals surface area (Å²) in [6, 6.07) is 0. The van der Waals surface area contributed by atoms with Gasteiger partial charge in [-0.3, -0.25) is 14.7 Å². The van der Waals surface area contributed by atoms with Gasteiger partial charge < -0.3 is 15.1 Å². The number of rotatable bonds is 6. The highest BCUT2D eigenvalue weighted by Gasteiger charge is 2.24. The monoisotopic (exact) mass is 576 g/mol. The Balaban J connectivity index is 0.00000363. The molecule has 0 atom stereocenters. The van der Waals surface area contributed by atoms with Crippen LogP contribution in [0.4, 0.5) is 0 Å². The maximum absolute atomic E-state index is 12.6. The van der Waals surface area contributed by atoms with Crippen molar-refractivity contribution in [2.45, 2.75) is 58.8 Å². The first-order chi connectivity index (χ1) is 14.9. The maximum atomic E-state index is 12.6. The van der Waals surface area contributed by atoms with E-state index in [1.807, 2.05) is 4.90 Å². The van der Waals surface area contributed by atoms with Crippen LogP contribution in [0.25, 0.3) is 0 Å². The first-order valence-electron chi connectivity index (χ1n) is 11.8. The summed E-state index contributed by atoms with van der Waals surface area (Å²) in [4.78, 5) is 28.9. The Morgan fingerprint density at radius 3 is 2.38 bits per heavy atom. The molecule has 0 aliphatic carbocycles. The Hall–Kier alpha value is -0.940. The Morgan fingerprint density at radius 2 is 1.78 bits per heavy atom. The second kappa shape index (κ2) is 13.1. The topological polar surface area (TPSA) is 64.1 Å². The van der Waals surface area contributed by atoms with Crippen molar-refractivity contribution in [1.29, 1.82) is 0 Å². The molecule has 7 nitrogen and oxygen atoms in total. The van der Waals surface area contributed by atoms with E-state index in [2.05, 4.69) is 48.2 Å². The predicted molar refractivity (Wildman–Crippen MR) is 144 cm³/mol. The van der Waals surface area contributed by atoms with Gasteiger partial charge >= 0.3 is 0 Å². The van der Waals surface area contributed by atoms with Crippen LogP contribution in [0.15, 0.2) is 10.4 Å². The first kappa shape index (κ1) is 27.3. The molecule has 2 aliphatic heterocycles. The smallest absolute Gasteiger partial charge is 0.236 e. The number of hydrogen-bond acceptors (Lipinski definition) is 5. The highest BCUT2D eigenvalue weighted by molar-refractivity contribution is 14.0. The Morgan fingerprint density at radius 1 is 1.09 bits per heavy atom. The Labute approximate surface area is 215 Å². The van der Waals surface area contributed by atoms with Gasteiger partial charge in [-0.05, 0) is 26.2 Å². The number of hydrogen-bond donors (Lipinski definition) is 1. The third-order valence-electron chi connectivity index (χ3n) is 5.98. The molecule has 1 N–H and O–H groups in total. The van der Waals surface area contributed by atoms with Crippen molar-refractivity contribution in [3.8, 4) is 0 Å². The minimum Gasteiger partial charge on any atom is -0.357 e. The van der Waals surface area contributed by atoms with Gasteiger partial charge in [-0.2, -0.15) is 0 Å². The first-order valence-corrected chi connectivity index (χ1v) is 12.7. The van der Waals surface area contributed by atoms with Crippen LogP contribution in [0.1, 0.15) is 57.7 Å². The third-order valence-corrected chi connectivity index (χ3v) is 6.89. The fraction of sp³-hybridized carbons (Fsp3) is 0.783. The van der Waals surface area contributed by atoms with Crippen LogP contribution in [-0.2, 0) is 16.6 Å². The van der Waals surface area contributed by atoms with Gasteiger partial charge in [0.15, 0.2) is 5.96 Å². The minimum absolute atomic E-state index is 0. The second-order valence-corrected chi connectivity index (χ2v) is 10.5. The molecule has 1 aromatic rings. The van der Waals surface area contributed by atoms with E-state index in [-0.39, 0.29) is 29.4 Å². The normalized spacial score (nSPS) is 18.4. The molecular weight excluding hydrogens is 535 g/mol. The van der Waals surface area contributed by atoms with Crippen LogP contribution in [0.2, 0.25) is 0 Å². The van der Waals surface area contributed by atoms with Crippen molar-refractivity contribution in [1.82, 2.24) is 25.0 Å². The molecule has 0 radical (unpaired) electrons. The van der Waals surface area contributed by atoms with Crippen LogP contribution >= 0.6 is 35.3 Å². The highest BCUT2D eigenvalue weighted by atomic mass is 127. The zero-order valence-corrected chi connectivity index (χ0v) is 23.4. The number of aliphatic imine (C=N–C) groups is 1. The van der Waals surface area contributed by atoms with Crippen molar-refractivity contribution >= 4 is 47.2 Å². The summed E-state index contributed by atoms with van der Waals surface area (Å²) in [6.07, 6.45) is 4.44. The predicted octanol–water partition coefficient (Wildman–Crippen LogP) is 3.20. The molecule has 182 valence electrons. The molecule has 9 heteroatoms. The molecule has 0 saturated carbocycles. The van der Waals surface area contributed by atoms with Gasteiger partial charge in [0.25, 0.3) is 0 Å². The highest BCUT2D eigenvalue weighted by Crippen LogP contribution is 2.24. The van der Waals surface area contributed by atoms with Gasteiger partial charge in [-0.15, -0.1) is 35.3 Å². The molecular formula is C23H41IN6OS. The molecule has 3 heterocycles. The van der Waals surface area contributed by atoms with E-state index in [4.69, 9.17) is 9.98 Å². The van der Waals surface area contributed by atoms with Crippen LogP contribution in [0.3, 0.4) is 0 Å². The minimum atomic E-state index is 0. The van der Waals surface area contributed by atoms with Crippen molar-refractivity contribution < 1.29 is 4.79 Å². The lowest BCUT2D eigenvalue weighted by Gasteiger charge is -2.37. The van der Waals surface area contributed by atoms with Gasteiger partial charge in [-0.1, -0.05) is 20.8 Å². The summed E-state index contributed by atoms with van der Waals surface area (Å²) in [6.45, 7) is 16.4. The number of halogens is 1. The molecule has 3 rings (SSSR count). The fourth-order valence-electron chi connectivity index (χ4n) is 4.01. The van der Waals surface area contributed by atoms with E-state index < -0.39 is 0 Å². The molecule has 0 aromatic carbocycles. The average Bonchev–Trinajstić information content (AvgIpc) is 3.24. The van der Waals surface area contributed by atoms with E-state index in [1.165, 1.54) is 12.1 Å². The maximum Gasteiger partial charge on any atom is 0.236 e. The number of amides is 1. The summed E-state index contributed by atoms with van der Waals surface area (Å²) >= 11 is 1.74. The van der Waals surface area contributed by atoms with Crippen molar-refractivity contribution in [3.05, 3.63) is 16.1 Å². The molecule has 1 amide bonds. The van der Waals surface area contributed by atoms with Gasteiger partial charge in [0.2, 0.25) is 5.91 Å². The Bertz CT molecular complexity index is 733. The molecule has 2 fully saturated rings. The van der Waals surface area contributed by atoms with Crippen LogP contribution in [0, 0.1) is 0 Å². The van der Waals surface area contributed by atoms with E-state index in [0.717, 1.165) is 82.6 Å². The van der Waals surface area contributed by atoms with Gasteiger partial charge in [0, 0.05) is 69.6 Å². The van der Waals surface area contributed by atoms with Crippen molar-refractivity contribution in [2.24, 2.45) is 4.99 Å². The van der Waals surface area contributed by atoms with Crippen molar-refractivity contribution in [2.75, 3.05) is 58.9 Å². The lowest BCUT2D eigenvalue weighted by Crippen LogP contribution is -2.54. The molecule has 0 bridgehead atoms. The molecule has 2 saturated heterocycles. The summed E-state index contributed by atoms with van der Waals surface area (Å²) in [5, 5.41) is 6.77. The SMILES string of the molecule is CCNC(=NCCc1nc(C(C)(C)C)cs1)N1CCN(CC(=O)N2CCCCC2)CC1.I.